The minimum Gasteiger partial charge on any atom is -0.482 e. The Balaban J connectivity index is 2.56. The minimum atomic E-state index is -1.12. The molecule has 1 aromatic carbocycles. The van der Waals surface area contributed by atoms with Crippen molar-refractivity contribution >= 4 is 33.8 Å². The maximum absolute atomic E-state index is 11.8. The zero-order valence-electron chi connectivity index (χ0n) is 12.2. The summed E-state index contributed by atoms with van der Waals surface area (Å²) in [5, 5.41) is 1.89. The van der Waals surface area contributed by atoms with Crippen molar-refractivity contribution in [2.45, 2.75) is 20.0 Å². The molecule has 1 atom stereocenters. The third-order valence-corrected chi connectivity index (χ3v) is 3.01. The number of amides is 3. The second kappa shape index (κ2) is 8.38. The smallest absolute Gasteiger partial charge is 0.344 e. The van der Waals surface area contributed by atoms with Gasteiger partial charge in [-0.1, -0.05) is 35.8 Å². The van der Waals surface area contributed by atoms with Gasteiger partial charge in [0.2, 0.25) is 0 Å². The predicted molar refractivity (Wildman–Crippen MR) is 82.1 cm³/mol. The topological polar surface area (TPSA) is 108 Å². The lowest BCUT2D eigenvalue weighted by Crippen LogP contribution is -2.46. The minimum absolute atomic E-state index is 0.325. The molecule has 0 radical (unpaired) electrons. The fourth-order valence-corrected chi connectivity index (χ4v) is 1.94. The average Bonchev–Trinajstić information content (AvgIpc) is 2.41. The first-order chi connectivity index (χ1) is 10.3. The summed E-state index contributed by atoms with van der Waals surface area (Å²) in [5.41, 5.74) is 4.87. The molecular formula is C14H17BrN2O5. The van der Waals surface area contributed by atoms with Gasteiger partial charge in [-0.2, -0.15) is 0 Å². The molecule has 3 amide bonds. The monoisotopic (exact) mass is 372 g/mol. The van der Waals surface area contributed by atoms with Crippen LogP contribution in [-0.4, -0.2) is 30.6 Å². The summed E-state index contributed by atoms with van der Waals surface area (Å²) in [4.78, 5) is 34.2. The molecule has 0 aliphatic heterocycles. The van der Waals surface area contributed by atoms with E-state index in [0.29, 0.717) is 5.75 Å². The Morgan fingerprint density at radius 1 is 1.32 bits per heavy atom. The first kappa shape index (κ1) is 18.0. The first-order valence-corrected chi connectivity index (χ1v) is 7.27. The predicted octanol–water partition coefficient (Wildman–Crippen LogP) is 1.59. The van der Waals surface area contributed by atoms with Crippen molar-refractivity contribution in [3.05, 3.63) is 28.7 Å². The van der Waals surface area contributed by atoms with Crippen LogP contribution in [0.15, 0.2) is 28.7 Å². The molecule has 0 aliphatic carbocycles. The largest absolute Gasteiger partial charge is 0.482 e. The second-order valence-electron chi connectivity index (χ2n) is 4.75. The SMILES string of the molecule is CC(C)[C@H](OC(=O)COc1cccc(Br)c1)C(=O)NC(N)=O. The molecule has 0 saturated carbocycles. The van der Waals surface area contributed by atoms with Gasteiger partial charge in [0.25, 0.3) is 5.91 Å². The van der Waals surface area contributed by atoms with Crippen LogP contribution in [0, 0.1) is 5.92 Å². The van der Waals surface area contributed by atoms with E-state index in [0.717, 1.165) is 4.47 Å². The summed E-state index contributed by atoms with van der Waals surface area (Å²) < 4.78 is 11.1. The molecule has 0 fully saturated rings. The van der Waals surface area contributed by atoms with Gasteiger partial charge in [-0.25, -0.2) is 9.59 Å². The van der Waals surface area contributed by atoms with Gasteiger partial charge in [-0.05, 0) is 24.1 Å². The van der Waals surface area contributed by atoms with Gasteiger partial charge in [-0.15, -0.1) is 0 Å². The van der Waals surface area contributed by atoms with Crippen molar-refractivity contribution < 1.29 is 23.9 Å². The number of halogens is 1. The van der Waals surface area contributed by atoms with E-state index in [1.807, 2.05) is 11.4 Å². The third-order valence-electron chi connectivity index (χ3n) is 2.52. The van der Waals surface area contributed by atoms with E-state index in [1.54, 1.807) is 32.0 Å². The van der Waals surface area contributed by atoms with Gasteiger partial charge in [0, 0.05) is 4.47 Å². The fourth-order valence-electron chi connectivity index (χ4n) is 1.56. The van der Waals surface area contributed by atoms with Crippen molar-refractivity contribution in [1.82, 2.24) is 5.32 Å². The zero-order chi connectivity index (χ0) is 16.7. The third kappa shape index (κ3) is 6.13. The molecule has 8 heteroatoms. The molecule has 120 valence electrons. The Labute approximate surface area is 136 Å². The Morgan fingerprint density at radius 3 is 2.55 bits per heavy atom. The molecule has 0 saturated heterocycles. The van der Waals surface area contributed by atoms with E-state index in [2.05, 4.69) is 15.9 Å². The van der Waals surface area contributed by atoms with E-state index >= 15 is 0 Å². The van der Waals surface area contributed by atoms with Crippen LogP contribution in [0.3, 0.4) is 0 Å². The van der Waals surface area contributed by atoms with Gasteiger partial charge in [0.15, 0.2) is 12.7 Å². The van der Waals surface area contributed by atoms with Crippen molar-refractivity contribution in [2.75, 3.05) is 6.61 Å². The quantitative estimate of drug-likeness (QED) is 0.737. The number of nitrogens with one attached hydrogen (secondary N) is 1. The van der Waals surface area contributed by atoms with Crippen LogP contribution in [0.2, 0.25) is 0 Å². The number of imide groups is 1. The fraction of sp³-hybridized carbons (Fsp3) is 0.357. The van der Waals surface area contributed by atoms with Crippen LogP contribution in [0.1, 0.15) is 13.8 Å². The number of benzene rings is 1. The number of carbonyl (C=O) groups excluding carboxylic acids is 3. The summed E-state index contributed by atoms with van der Waals surface area (Å²) in [7, 11) is 0. The molecule has 0 heterocycles. The van der Waals surface area contributed by atoms with Crippen LogP contribution < -0.4 is 15.8 Å². The molecule has 7 nitrogen and oxygen atoms in total. The molecule has 1 rings (SSSR count). The Bertz CT molecular complexity index is 562. The molecule has 0 bridgehead atoms. The van der Waals surface area contributed by atoms with E-state index in [-0.39, 0.29) is 12.5 Å². The highest BCUT2D eigenvalue weighted by molar-refractivity contribution is 9.10. The van der Waals surface area contributed by atoms with Gasteiger partial charge >= 0.3 is 12.0 Å². The standard InChI is InChI=1S/C14H17BrN2O5/c1-8(2)12(13(19)17-14(16)20)22-11(18)7-21-10-5-3-4-9(15)6-10/h3-6,8,12H,7H2,1-2H3,(H3,16,17,19,20)/t12-/m0/s1. The summed E-state index contributed by atoms with van der Waals surface area (Å²) in [6, 6.07) is 5.93. The number of esters is 1. The van der Waals surface area contributed by atoms with Crippen molar-refractivity contribution in [1.29, 1.82) is 0 Å². The lowest BCUT2D eigenvalue weighted by molar-refractivity contribution is -0.160. The lowest BCUT2D eigenvalue weighted by Gasteiger charge is -2.19. The number of nitrogens with two attached hydrogens (primary N) is 1. The Morgan fingerprint density at radius 2 is 2.00 bits per heavy atom. The van der Waals surface area contributed by atoms with Gasteiger partial charge in [0.05, 0.1) is 0 Å². The van der Waals surface area contributed by atoms with Gasteiger partial charge < -0.3 is 15.2 Å². The number of primary amides is 1. The highest BCUT2D eigenvalue weighted by Gasteiger charge is 2.27. The Hall–Kier alpha value is -2.09. The number of urea groups is 1. The zero-order valence-corrected chi connectivity index (χ0v) is 13.8. The highest BCUT2D eigenvalue weighted by Crippen LogP contribution is 2.17. The molecule has 0 aliphatic rings. The summed E-state index contributed by atoms with van der Waals surface area (Å²) in [5.74, 6) is -1.33. The number of ether oxygens (including phenoxy) is 2. The number of hydrogen-bond donors (Lipinski definition) is 2. The van der Waals surface area contributed by atoms with Gasteiger partial charge in [-0.3, -0.25) is 10.1 Å². The number of rotatable bonds is 6. The second-order valence-corrected chi connectivity index (χ2v) is 5.67. The van der Waals surface area contributed by atoms with E-state index in [4.69, 9.17) is 15.2 Å². The average molecular weight is 373 g/mol. The normalized spacial score (nSPS) is 11.6. The van der Waals surface area contributed by atoms with Crippen molar-refractivity contribution in [2.24, 2.45) is 11.7 Å². The number of hydrogen-bond acceptors (Lipinski definition) is 5. The highest BCUT2D eigenvalue weighted by atomic mass is 79.9. The molecule has 0 unspecified atom stereocenters. The number of carbonyl (C=O) groups is 3. The molecular weight excluding hydrogens is 356 g/mol. The molecule has 3 N–H and O–H groups in total. The molecule has 0 aromatic heterocycles. The van der Waals surface area contributed by atoms with Crippen LogP contribution in [0.25, 0.3) is 0 Å². The van der Waals surface area contributed by atoms with Crippen LogP contribution in [0.4, 0.5) is 4.79 Å². The molecule has 22 heavy (non-hydrogen) atoms. The van der Waals surface area contributed by atoms with Crippen molar-refractivity contribution in [3.8, 4) is 5.75 Å². The summed E-state index contributed by atoms with van der Waals surface area (Å²) >= 11 is 3.28. The summed E-state index contributed by atoms with van der Waals surface area (Å²) in [6.07, 6.45) is -1.12. The maximum Gasteiger partial charge on any atom is 0.344 e. The lowest BCUT2D eigenvalue weighted by atomic mass is 10.1. The first-order valence-electron chi connectivity index (χ1n) is 6.47. The molecule has 1 aromatic rings. The van der Waals surface area contributed by atoms with E-state index < -0.39 is 24.0 Å². The van der Waals surface area contributed by atoms with E-state index in [1.165, 1.54) is 0 Å². The van der Waals surface area contributed by atoms with E-state index in [9.17, 15) is 14.4 Å². The van der Waals surface area contributed by atoms with Gasteiger partial charge in [0.1, 0.15) is 5.75 Å². The van der Waals surface area contributed by atoms with Crippen molar-refractivity contribution in [3.63, 3.8) is 0 Å². The van der Waals surface area contributed by atoms with Crippen LogP contribution >= 0.6 is 15.9 Å². The molecule has 0 spiro atoms. The van der Waals surface area contributed by atoms with Crippen LogP contribution in [-0.2, 0) is 14.3 Å². The Kier molecular flexibility index (Phi) is 6.84. The maximum atomic E-state index is 11.8. The van der Waals surface area contributed by atoms with Crippen LogP contribution in [0.5, 0.6) is 5.75 Å². The summed E-state index contributed by atoms with van der Waals surface area (Å²) in [6.45, 7) is 2.99.